The lowest BCUT2D eigenvalue weighted by Gasteiger charge is -2.29. The number of benzene rings is 4. The lowest BCUT2D eigenvalue weighted by molar-refractivity contribution is 0.349. The first-order valence-electron chi connectivity index (χ1n) is 21.2. The van der Waals surface area contributed by atoms with Gasteiger partial charge in [-0.25, -0.2) is 0 Å². The van der Waals surface area contributed by atoms with Crippen molar-refractivity contribution in [2.24, 2.45) is 0 Å². The van der Waals surface area contributed by atoms with E-state index in [1.165, 1.54) is 22.3 Å². The number of hydrogen-bond donors (Lipinski definition) is 0. The molecule has 6 nitrogen and oxygen atoms in total. The molecule has 0 fully saturated rings. The Morgan fingerprint density at radius 3 is 0.783 bits per heavy atom. The molecule has 0 spiro atoms. The van der Waals surface area contributed by atoms with Crippen molar-refractivity contribution >= 4 is 0 Å². The summed E-state index contributed by atoms with van der Waals surface area (Å²) >= 11 is 0. The van der Waals surface area contributed by atoms with Crippen molar-refractivity contribution in [3.8, 4) is 35.1 Å². The molecule has 1 aliphatic carbocycles. The summed E-state index contributed by atoms with van der Waals surface area (Å²) in [4.78, 5) is 0. The molecule has 0 aromatic heterocycles. The zero-order valence-corrected chi connectivity index (χ0v) is 38.4. The van der Waals surface area contributed by atoms with E-state index in [1.54, 1.807) is 12.2 Å². The predicted octanol–water partition coefficient (Wildman–Crippen LogP) is 12.5. The second kappa shape index (κ2) is 18.0. The van der Waals surface area contributed by atoms with Gasteiger partial charge in [0.25, 0.3) is 0 Å². The highest BCUT2D eigenvalue weighted by Gasteiger charge is 2.29. The Balaban J connectivity index is 2.03. The van der Waals surface area contributed by atoms with Crippen molar-refractivity contribution in [2.45, 2.75) is 130 Å². The number of nitrogens with zero attached hydrogens (tertiary/aromatic N) is 2. The Kier molecular flexibility index (Phi) is 13.7. The maximum atomic E-state index is 9.92. The highest BCUT2D eigenvalue weighted by molar-refractivity contribution is 5.60. The second-order valence-electron chi connectivity index (χ2n) is 20.3. The van der Waals surface area contributed by atoms with Gasteiger partial charge < -0.3 is 18.9 Å². The van der Waals surface area contributed by atoms with Crippen LogP contribution in [0.4, 0.5) is 0 Å². The van der Waals surface area contributed by atoms with E-state index < -0.39 is 0 Å². The van der Waals surface area contributed by atoms with Crippen LogP contribution in [0.5, 0.6) is 23.0 Å². The number of hydrogen-bond acceptors (Lipinski definition) is 6. The molecule has 8 bridgehead atoms. The van der Waals surface area contributed by atoms with Crippen molar-refractivity contribution in [1.29, 1.82) is 10.5 Å². The van der Waals surface area contributed by atoms with Gasteiger partial charge in [-0.2, -0.15) is 10.5 Å². The van der Waals surface area contributed by atoms with Crippen molar-refractivity contribution in [3.63, 3.8) is 0 Å². The molecular weight excluding hydrogens is 741 g/mol. The Bertz CT molecular complexity index is 2060. The molecule has 4 aromatic rings. The van der Waals surface area contributed by atoms with E-state index in [0.29, 0.717) is 50.4 Å². The van der Waals surface area contributed by atoms with Crippen LogP contribution in [0.1, 0.15) is 150 Å². The van der Waals surface area contributed by atoms with E-state index in [-0.39, 0.29) is 34.9 Å². The topological polar surface area (TPSA) is 84.5 Å². The third-order valence-electron chi connectivity index (χ3n) is 11.2. The Hall–Kier alpha value is -5.46. The molecule has 0 saturated carbocycles. The standard InChI is InChI=1S/C54H66N2O4/c1-15-19-57-47-35-23-39-31-45(53(9,10)11)33-41(49(39)59-21-17-55)25-37-29-44(52(6,7)8)30-38(48(37)58-20-16-2)26-42-34-46(54(12,13)14)32-40(50(42)60-22-18-56)24-36(47)28-43(27-35)51(3,4)5/h15-16,27-34H,1-2,19-26H2,3-14H3. The highest BCUT2D eigenvalue weighted by Crippen LogP contribution is 2.44. The van der Waals surface area contributed by atoms with E-state index in [2.05, 4.69) is 157 Å². The van der Waals surface area contributed by atoms with Crippen molar-refractivity contribution in [2.75, 3.05) is 26.4 Å². The lowest BCUT2D eigenvalue weighted by atomic mass is 9.79. The average Bonchev–Trinajstić information content (AvgIpc) is 3.14. The normalized spacial score (nSPS) is 13.1. The quantitative estimate of drug-likeness (QED) is 0.131. The van der Waals surface area contributed by atoms with Gasteiger partial charge in [0.05, 0.1) is 0 Å². The van der Waals surface area contributed by atoms with Gasteiger partial charge in [-0.15, -0.1) is 0 Å². The van der Waals surface area contributed by atoms with Crippen LogP contribution in [0.25, 0.3) is 0 Å². The molecule has 5 rings (SSSR count). The van der Waals surface area contributed by atoms with Crippen LogP contribution in [0.3, 0.4) is 0 Å². The van der Waals surface area contributed by atoms with Crippen molar-refractivity contribution < 1.29 is 18.9 Å². The van der Waals surface area contributed by atoms with E-state index in [9.17, 15) is 10.5 Å². The summed E-state index contributed by atoms with van der Waals surface area (Å²) in [6, 6.07) is 22.6. The smallest absolute Gasteiger partial charge is 0.174 e. The fraction of sp³-hybridized carbons (Fsp3) is 0.444. The van der Waals surface area contributed by atoms with Crippen molar-refractivity contribution in [1.82, 2.24) is 0 Å². The Morgan fingerprint density at radius 2 is 0.617 bits per heavy atom. The first-order valence-corrected chi connectivity index (χ1v) is 21.2. The van der Waals surface area contributed by atoms with Gasteiger partial charge in [-0.1, -0.05) is 157 Å². The fourth-order valence-electron chi connectivity index (χ4n) is 7.86. The van der Waals surface area contributed by atoms with Gasteiger partial charge in [0.15, 0.2) is 13.2 Å². The number of ether oxygens (including phenoxy) is 4. The Morgan fingerprint density at radius 1 is 0.417 bits per heavy atom. The van der Waals surface area contributed by atoms with Gasteiger partial charge in [0.2, 0.25) is 0 Å². The minimum Gasteiger partial charge on any atom is -0.489 e. The fourth-order valence-corrected chi connectivity index (χ4v) is 7.86. The van der Waals surface area contributed by atoms with Crippen molar-refractivity contribution in [3.05, 3.63) is 141 Å². The summed E-state index contributed by atoms with van der Waals surface area (Å²) in [5.41, 5.74) is 11.9. The molecule has 0 amide bonds. The molecule has 60 heavy (non-hydrogen) atoms. The number of fused-ring (bicyclic) bond motifs is 8. The van der Waals surface area contributed by atoms with Crippen LogP contribution in [0.2, 0.25) is 0 Å². The van der Waals surface area contributed by atoms with Crippen LogP contribution in [0, 0.1) is 22.7 Å². The van der Waals surface area contributed by atoms with Gasteiger partial charge in [0, 0.05) is 25.7 Å². The molecule has 0 heterocycles. The Labute approximate surface area is 360 Å². The zero-order chi connectivity index (χ0) is 44.2. The largest absolute Gasteiger partial charge is 0.489 e. The molecule has 0 saturated heterocycles. The molecule has 6 heteroatoms. The average molecular weight is 807 g/mol. The van der Waals surface area contributed by atoms with E-state index in [4.69, 9.17) is 18.9 Å². The number of nitriles is 2. The molecule has 0 unspecified atom stereocenters. The van der Waals surface area contributed by atoms with Gasteiger partial charge in [-0.05, 0) is 88.4 Å². The van der Waals surface area contributed by atoms with Crippen LogP contribution < -0.4 is 18.9 Å². The summed E-state index contributed by atoms with van der Waals surface area (Å²) < 4.78 is 26.5. The first kappa shape index (κ1) is 45.6. The minimum absolute atomic E-state index is 0.0920. The molecule has 0 atom stereocenters. The first-order chi connectivity index (χ1) is 28.1. The lowest BCUT2D eigenvalue weighted by Crippen LogP contribution is -2.18. The molecule has 316 valence electrons. The second-order valence-corrected chi connectivity index (χ2v) is 20.3. The molecule has 0 N–H and O–H groups in total. The summed E-state index contributed by atoms with van der Waals surface area (Å²) in [6.45, 7) is 35.3. The zero-order valence-electron chi connectivity index (χ0n) is 38.4. The molecule has 1 aliphatic rings. The third-order valence-corrected chi connectivity index (χ3v) is 11.2. The maximum absolute atomic E-state index is 9.92. The third kappa shape index (κ3) is 10.6. The number of rotatable bonds is 10. The van der Waals surface area contributed by atoms with Gasteiger partial charge >= 0.3 is 0 Å². The summed E-state index contributed by atoms with van der Waals surface area (Å²) in [7, 11) is 0. The maximum Gasteiger partial charge on any atom is 0.174 e. The SMILES string of the molecule is C=CCOc1c2cc(C(C)(C)C)cc1Cc1cc(C(C)(C)C)cc(c1OCC#N)Cc1cc(C(C)(C)C)cc(c1OCC=C)Cc1cc(C(C)(C)C)cc(c1OCC#N)C2. The highest BCUT2D eigenvalue weighted by atomic mass is 16.5. The van der Waals surface area contributed by atoms with E-state index in [0.717, 1.165) is 56.0 Å². The van der Waals surface area contributed by atoms with E-state index in [1.807, 2.05) is 0 Å². The van der Waals surface area contributed by atoms with Gasteiger partial charge in [0.1, 0.15) is 48.4 Å². The molecule has 0 radical (unpaired) electrons. The summed E-state index contributed by atoms with van der Waals surface area (Å²) in [5, 5.41) is 19.8. The predicted molar refractivity (Wildman–Crippen MR) is 245 cm³/mol. The summed E-state index contributed by atoms with van der Waals surface area (Å²) in [6.07, 6.45) is 5.56. The van der Waals surface area contributed by atoms with Crippen LogP contribution in [-0.2, 0) is 47.3 Å². The van der Waals surface area contributed by atoms with Crippen LogP contribution in [0.15, 0.2) is 73.8 Å². The van der Waals surface area contributed by atoms with Gasteiger partial charge in [-0.3, -0.25) is 0 Å². The molecule has 0 aliphatic heterocycles. The van der Waals surface area contributed by atoms with E-state index >= 15 is 0 Å². The molecule has 4 aromatic carbocycles. The van der Waals surface area contributed by atoms with Crippen LogP contribution in [-0.4, -0.2) is 26.4 Å². The summed E-state index contributed by atoms with van der Waals surface area (Å²) in [5.74, 6) is 2.99. The minimum atomic E-state index is -0.188. The monoisotopic (exact) mass is 807 g/mol. The molecular formula is C54H66N2O4. The van der Waals surface area contributed by atoms with Crippen LogP contribution >= 0.6 is 0 Å².